The van der Waals surface area contributed by atoms with Crippen molar-refractivity contribution in [1.82, 2.24) is 10.8 Å². The van der Waals surface area contributed by atoms with Crippen molar-refractivity contribution in [3.05, 3.63) is 40.9 Å². The molecular formula is C15H17ClN2O3. The quantitative estimate of drug-likeness (QED) is 0.891. The summed E-state index contributed by atoms with van der Waals surface area (Å²) in [4.78, 5) is 17.4. The van der Waals surface area contributed by atoms with E-state index in [1.807, 2.05) is 18.2 Å². The molecule has 0 radical (unpaired) electrons. The van der Waals surface area contributed by atoms with Gasteiger partial charge in [-0.05, 0) is 25.0 Å². The molecule has 6 heteroatoms. The first kappa shape index (κ1) is 14.4. The smallest absolute Gasteiger partial charge is 0.256 e. The lowest BCUT2D eigenvalue weighted by molar-refractivity contribution is -0.131. The number of carbonyl (C=O) groups is 1. The Labute approximate surface area is 128 Å². The van der Waals surface area contributed by atoms with Crippen molar-refractivity contribution in [3.63, 3.8) is 0 Å². The molecular weight excluding hydrogens is 292 g/mol. The fraction of sp³-hybridized carbons (Fsp3) is 0.400. The average Bonchev–Trinajstić information content (AvgIpc) is 3.17. The summed E-state index contributed by atoms with van der Waals surface area (Å²) in [5.41, 5.74) is 4.28. The van der Waals surface area contributed by atoms with Crippen molar-refractivity contribution < 1.29 is 14.4 Å². The first-order valence-electron chi connectivity index (χ1n) is 7.02. The second-order valence-corrected chi connectivity index (χ2v) is 5.49. The van der Waals surface area contributed by atoms with Gasteiger partial charge in [0, 0.05) is 23.7 Å². The van der Waals surface area contributed by atoms with E-state index in [2.05, 4.69) is 10.8 Å². The van der Waals surface area contributed by atoms with Crippen molar-refractivity contribution in [1.29, 1.82) is 0 Å². The van der Waals surface area contributed by atoms with Gasteiger partial charge in [0.1, 0.15) is 0 Å². The zero-order valence-electron chi connectivity index (χ0n) is 11.5. The molecule has 112 valence electrons. The third-order valence-electron chi connectivity index (χ3n) is 3.56. The molecule has 3 rings (SSSR count). The van der Waals surface area contributed by atoms with Crippen LogP contribution in [0, 0.1) is 0 Å². The van der Waals surface area contributed by atoms with Gasteiger partial charge in [0.25, 0.3) is 5.91 Å². The van der Waals surface area contributed by atoms with Gasteiger partial charge in [0.15, 0.2) is 6.10 Å². The lowest BCUT2D eigenvalue weighted by Gasteiger charge is -2.12. The molecule has 1 amide bonds. The summed E-state index contributed by atoms with van der Waals surface area (Å²) >= 11 is 6.13. The molecule has 2 N–H and O–H groups in total. The van der Waals surface area contributed by atoms with E-state index in [-0.39, 0.29) is 12.0 Å². The fourth-order valence-electron chi connectivity index (χ4n) is 2.42. The van der Waals surface area contributed by atoms with Gasteiger partial charge in [0.05, 0.1) is 11.8 Å². The molecule has 1 aromatic rings. The first-order chi connectivity index (χ1) is 10.2. The largest absolute Gasteiger partial charge is 0.376 e. The maximum Gasteiger partial charge on any atom is 0.256 e. The van der Waals surface area contributed by atoms with Crippen LogP contribution in [0.1, 0.15) is 18.4 Å². The van der Waals surface area contributed by atoms with Crippen LogP contribution in [0.4, 0.5) is 0 Å². The number of ether oxygens (including phenoxy) is 1. The van der Waals surface area contributed by atoms with Crippen LogP contribution in [0.25, 0.3) is 5.70 Å². The molecule has 0 unspecified atom stereocenters. The van der Waals surface area contributed by atoms with E-state index >= 15 is 0 Å². The Morgan fingerprint density at radius 2 is 2.29 bits per heavy atom. The highest BCUT2D eigenvalue weighted by Crippen LogP contribution is 2.25. The molecule has 2 aliphatic rings. The Morgan fingerprint density at radius 3 is 3.05 bits per heavy atom. The minimum absolute atomic E-state index is 0.121. The average molecular weight is 309 g/mol. The van der Waals surface area contributed by atoms with Crippen molar-refractivity contribution >= 4 is 23.2 Å². The first-order valence-corrected chi connectivity index (χ1v) is 7.39. The third kappa shape index (κ3) is 3.37. The van der Waals surface area contributed by atoms with E-state index in [0.717, 1.165) is 25.0 Å². The summed E-state index contributed by atoms with van der Waals surface area (Å²) in [7, 11) is 0. The van der Waals surface area contributed by atoms with E-state index in [9.17, 15) is 4.79 Å². The van der Waals surface area contributed by atoms with Crippen molar-refractivity contribution in [2.45, 2.75) is 25.0 Å². The van der Waals surface area contributed by atoms with Crippen LogP contribution in [0.15, 0.2) is 30.3 Å². The van der Waals surface area contributed by atoms with E-state index < -0.39 is 6.10 Å². The predicted molar refractivity (Wildman–Crippen MR) is 79.4 cm³/mol. The predicted octanol–water partition coefficient (Wildman–Crippen LogP) is 1.88. The van der Waals surface area contributed by atoms with Gasteiger partial charge in [-0.3, -0.25) is 15.1 Å². The van der Waals surface area contributed by atoms with E-state index in [1.54, 1.807) is 12.1 Å². The van der Waals surface area contributed by atoms with Crippen LogP contribution >= 0.6 is 11.6 Å². The van der Waals surface area contributed by atoms with Crippen LogP contribution in [0.5, 0.6) is 0 Å². The summed E-state index contributed by atoms with van der Waals surface area (Å²) in [6, 6.07) is 7.41. The lowest BCUT2D eigenvalue weighted by atomic mass is 10.1. The molecule has 2 atom stereocenters. The van der Waals surface area contributed by atoms with Crippen LogP contribution in [0.3, 0.4) is 0 Å². The number of benzene rings is 1. The maximum atomic E-state index is 12.1. The molecule has 1 saturated heterocycles. The number of halogens is 1. The van der Waals surface area contributed by atoms with Crippen molar-refractivity contribution in [2.75, 3.05) is 13.2 Å². The molecule has 1 fully saturated rings. The van der Waals surface area contributed by atoms with Gasteiger partial charge in [-0.1, -0.05) is 29.8 Å². The number of hydroxylamine groups is 1. The lowest BCUT2D eigenvalue weighted by Crippen LogP contribution is -2.39. The Kier molecular flexibility index (Phi) is 4.43. The zero-order chi connectivity index (χ0) is 14.7. The second-order valence-electron chi connectivity index (χ2n) is 5.08. The molecule has 0 saturated carbocycles. The van der Waals surface area contributed by atoms with Gasteiger partial charge in [-0.15, -0.1) is 0 Å². The molecule has 0 aliphatic carbocycles. The van der Waals surface area contributed by atoms with Crippen LogP contribution < -0.4 is 10.8 Å². The number of rotatable bonds is 4. The fourth-order valence-corrected chi connectivity index (χ4v) is 2.66. The molecule has 0 bridgehead atoms. The Balaban J connectivity index is 1.59. The topological polar surface area (TPSA) is 59.6 Å². The van der Waals surface area contributed by atoms with E-state index in [1.165, 1.54) is 0 Å². The van der Waals surface area contributed by atoms with Gasteiger partial charge >= 0.3 is 0 Å². The van der Waals surface area contributed by atoms with Gasteiger partial charge in [0.2, 0.25) is 0 Å². The van der Waals surface area contributed by atoms with E-state index in [0.29, 0.717) is 17.3 Å². The Hall–Kier alpha value is -1.56. The third-order valence-corrected chi connectivity index (χ3v) is 3.89. The number of carbonyl (C=O) groups excluding carboxylic acids is 1. The molecule has 1 aromatic carbocycles. The summed E-state index contributed by atoms with van der Waals surface area (Å²) in [5.74, 6) is -0.181. The minimum atomic E-state index is -0.655. The summed E-state index contributed by atoms with van der Waals surface area (Å²) in [6.07, 6.45) is 3.24. The number of nitrogens with one attached hydrogen (secondary N) is 2. The van der Waals surface area contributed by atoms with Crippen molar-refractivity contribution in [3.8, 4) is 0 Å². The minimum Gasteiger partial charge on any atom is -0.376 e. The van der Waals surface area contributed by atoms with Gasteiger partial charge in [-0.2, -0.15) is 0 Å². The molecule has 2 aliphatic heterocycles. The van der Waals surface area contributed by atoms with Crippen LogP contribution in [-0.2, 0) is 14.4 Å². The molecule has 5 nitrogen and oxygen atoms in total. The molecule has 0 spiro atoms. The second kappa shape index (κ2) is 6.47. The normalized spacial score (nSPS) is 24.5. The summed E-state index contributed by atoms with van der Waals surface area (Å²) in [5, 5.41) is 3.46. The van der Waals surface area contributed by atoms with Crippen LogP contribution in [0.2, 0.25) is 5.02 Å². The highest BCUT2D eigenvalue weighted by Gasteiger charge is 2.26. The Morgan fingerprint density at radius 1 is 1.43 bits per heavy atom. The van der Waals surface area contributed by atoms with Crippen molar-refractivity contribution in [2.24, 2.45) is 0 Å². The van der Waals surface area contributed by atoms with Gasteiger partial charge in [-0.25, -0.2) is 0 Å². The highest BCUT2D eigenvalue weighted by molar-refractivity contribution is 6.32. The summed E-state index contributed by atoms with van der Waals surface area (Å²) < 4.78 is 5.47. The molecule has 2 heterocycles. The molecule has 0 aromatic heterocycles. The highest BCUT2D eigenvalue weighted by atomic mass is 35.5. The van der Waals surface area contributed by atoms with E-state index in [4.69, 9.17) is 21.2 Å². The van der Waals surface area contributed by atoms with Crippen LogP contribution in [-0.4, -0.2) is 31.3 Å². The number of hydrogen-bond acceptors (Lipinski definition) is 4. The number of amides is 1. The maximum absolute atomic E-state index is 12.1. The standard InChI is InChI=1S/C15H17ClN2O3/c16-12-6-2-1-5-11(12)13-8-14(21-18-13)15(19)17-9-10-4-3-7-20-10/h1-2,5-6,8,10,14,18H,3-4,7,9H2,(H,17,19)/t10-,14-/m1/s1. The zero-order valence-corrected chi connectivity index (χ0v) is 12.2. The molecule has 21 heavy (non-hydrogen) atoms. The summed E-state index contributed by atoms with van der Waals surface area (Å²) in [6.45, 7) is 1.30. The monoisotopic (exact) mass is 308 g/mol. The van der Waals surface area contributed by atoms with Gasteiger partial charge < -0.3 is 10.1 Å². The Bertz CT molecular complexity index is 556. The number of hydrogen-bond donors (Lipinski definition) is 2. The SMILES string of the molecule is O=C(NC[C@H]1CCCO1)[C@H]1C=C(c2ccccc2Cl)NO1.